The molecule has 0 aromatic carbocycles. The predicted molar refractivity (Wildman–Crippen MR) is 364 cm³/mol. The molecule has 2 atom stereocenters. The molecular weight excluding hydrogens is 1050 g/mol. The summed E-state index contributed by atoms with van der Waals surface area (Å²) in [6.45, 7) is 4.77. The molecule has 0 aromatic heterocycles. The Hall–Kier alpha value is -4.31. The van der Waals surface area contributed by atoms with Crippen LogP contribution in [0.1, 0.15) is 284 Å². The van der Waals surface area contributed by atoms with Crippen LogP contribution in [0, 0.1) is 0 Å². The molecule has 0 fully saturated rings. The van der Waals surface area contributed by atoms with Gasteiger partial charge in [-0.2, -0.15) is 0 Å². The van der Waals surface area contributed by atoms with Crippen molar-refractivity contribution in [2.24, 2.45) is 0 Å². The van der Waals surface area contributed by atoms with Gasteiger partial charge >= 0.3 is 17.9 Å². The van der Waals surface area contributed by atoms with Crippen molar-refractivity contribution in [2.75, 3.05) is 47.5 Å². The topological polar surface area (TPSA) is 108 Å². The van der Waals surface area contributed by atoms with Crippen LogP contribution in [0.25, 0.3) is 0 Å². The molecule has 0 aliphatic rings. The first-order valence-corrected chi connectivity index (χ1v) is 34.7. The molecule has 486 valence electrons. The average Bonchev–Trinajstić information content (AvgIpc) is 3.49. The van der Waals surface area contributed by atoms with E-state index >= 15 is 0 Å². The summed E-state index contributed by atoms with van der Waals surface area (Å²) in [4.78, 5) is 37.6. The first-order valence-electron chi connectivity index (χ1n) is 34.7. The van der Waals surface area contributed by atoms with Gasteiger partial charge in [-0.15, -0.1) is 0 Å². The summed E-state index contributed by atoms with van der Waals surface area (Å²) in [6.07, 6.45) is 90.2. The number of nitrogens with zero attached hydrogens (tertiary/aromatic N) is 1. The summed E-state index contributed by atoms with van der Waals surface area (Å²) in [5.74, 6) is -2.01. The summed E-state index contributed by atoms with van der Waals surface area (Å²) in [5.41, 5.74) is 0. The standard InChI is InChI=1S/C76H129NO8/c1-6-8-10-12-14-16-18-20-22-24-26-27-28-29-30-31-32-33-34-35-36-37-38-39-40-41-42-43-44-45-46-47-49-51-53-55-57-59-61-63-65-67-74(79)85-72(71-84-76(75(80)81)82-69-68-77(3,4)5)70-83-73(78)66-64-62-60-58-56-54-52-50-48-25-23-21-19-17-15-13-11-9-7-2/h8,10,14,16,20-23,26-27,29-30,32-33,35-36,38-39,41-42,72,76H,6-7,9,11-13,15,17-19,24-25,28,31,34,37,40,43-71H2,1-5H3/p+1/b10-8-,16-14-,22-20-,23-21-,27-26-,30-29-,33-32-,36-35-,39-38-,42-41-. The van der Waals surface area contributed by atoms with E-state index in [0.29, 0.717) is 23.9 Å². The van der Waals surface area contributed by atoms with E-state index < -0.39 is 24.3 Å². The van der Waals surface area contributed by atoms with Crippen molar-refractivity contribution in [3.8, 4) is 0 Å². The van der Waals surface area contributed by atoms with Crippen LogP contribution < -0.4 is 0 Å². The number of carboxylic acids is 1. The summed E-state index contributed by atoms with van der Waals surface area (Å²) in [6, 6.07) is 0. The number of aliphatic carboxylic acids is 1. The van der Waals surface area contributed by atoms with E-state index in [1.807, 2.05) is 21.1 Å². The third kappa shape index (κ3) is 67.1. The monoisotopic (exact) mass is 1180 g/mol. The normalized spacial score (nSPS) is 13.5. The zero-order valence-electron chi connectivity index (χ0n) is 55.5. The zero-order chi connectivity index (χ0) is 61.9. The van der Waals surface area contributed by atoms with E-state index in [2.05, 4.69) is 135 Å². The van der Waals surface area contributed by atoms with E-state index in [4.69, 9.17) is 18.9 Å². The Balaban J connectivity index is 4.10. The molecule has 0 heterocycles. The molecule has 9 nitrogen and oxygen atoms in total. The van der Waals surface area contributed by atoms with Gasteiger partial charge in [-0.3, -0.25) is 9.59 Å². The smallest absolute Gasteiger partial charge is 0.361 e. The van der Waals surface area contributed by atoms with Gasteiger partial charge in [0.05, 0.1) is 34.4 Å². The van der Waals surface area contributed by atoms with Crippen LogP contribution in [0.3, 0.4) is 0 Å². The third-order valence-electron chi connectivity index (χ3n) is 14.7. The lowest BCUT2D eigenvalue weighted by Crippen LogP contribution is -2.40. The molecular formula is C76H130NO8+. The molecule has 0 saturated carbocycles. The maximum absolute atomic E-state index is 12.9. The van der Waals surface area contributed by atoms with Crippen molar-refractivity contribution in [2.45, 2.75) is 296 Å². The van der Waals surface area contributed by atoms with Gasteiger partial charge in [0.25, 0.3) is 6.29 Å². The summed E-state index contributed by atoms with van der Waals surface area (Å²) < 4.78 is 23.0. The second-order valence-corrected chi connectivity index (χ2v) is 24.1. The van der Waals surface area contributed by atoms with Crippen LogP contribution in [0.4, 0.5) is 0 Å². The fourth-order valence-electron chi connectivity index (χ4n) is 9.41. The Bertz CT molecular complexity index is 1810. The zero-order valence-corrected chi connectivity index (χ0v) is 55.5. The van der Waals surface area contributed by atoms with Crippen molar-refractivity contribution in [1.82, 2.24) is 0 Å². The molecule has 0 aromatic rings. The minimum absolute atomic E-state index is 0.184. The lowest BCUT2D eigenvalue weighted by Gasteiger charge is -2.25. The highest BCUT2D eigenvalue weighted by Crippen LogP contribution is 2.16. The molecule has 0 saturated heterocycles. The molecule has 0 spiro atoms. The van der Waals surface area contributed by atoms with Gasteiger partial charge < -0.3 is 28.5 Å². The molecule has 0 bridgehead atoms. The van der Waals surface area contributed by atoms with Gasteiger partial charge in [0.1, 0.15) is 13.2 Å². The number of carbonyl (C=O) groups is 3. The molecule has 9 heteroatoms. The van der Waals surface area contributed by atoms with Gasteiger partial charge in [0.2, 0.25) is 0 Å². The van der Waals surface area contributed by atoms with E-state index in [0.717, 1.165) is 96.3 Å². The van der Waals surface area contributed by atoms with E-state index in [-0.39, 0.29) is 32.2 Å². The van der Waals surface area contributed by atoms with Crippen molar-refractivity contribution >= 4 is 17.9 Å². The highest BCUT2D eigenvalue weighted by atomic mass is 16.7. The molecule has 0 rings (SSSR count). The second kappa shape index (κ2) is 65.7. The molecule has 1 N–H and O–H groups in total. The maximum atomic E-state index is 12.9. The Morgan fingerprint density at radius 2 is 0.671 bits per heavy atom. The minimum Gasteiger partial charge on any atom is -0.477 e. The Morgan fingerprint density at radius 3 is 1.01 bits per heavy atom. The molecule has 0 aliphatic carbocycles. The number of hydrogen-bond acceptors (Lipinski definition) is 7. The highest BCUT2D eigenvalue weighted by molar-refractivity contribution is 5.71. The van der Waals surface area contributed by atoms with Crippen LogP contribution >= 0.6 is 0 Å². The van der Waals surface area contributed by atoms with Gasteiger partial charge in [-0.1, -0.05) is 283 Å². The Labute approximate surface area is 523 Å². The average molecular weight is 1190 g/mol. The van der Waals surface area contributed by atoms with Gasteiger partial charge in [-0.25, -0.2) is 4.79 Å². The first kappa shape index (κ1) is 80.7. The largest absolute Gasteiger partial charge is 0.477 e. The van der Waals surface area contributed by atoms with Gasteiger partial charge in [-0.05, 0) is 109 Å². The van der Waals surface area contributed by atoms with Gasteiger partial charge in [0, 0.05) is 12.8 Å². The SMILES string of the molecule is CC/C=C\C/C=C\C/C=C\C/C=C\C/C=C\C/C=C\C/C=C\C/C=C\C/C=C\CCCCCCCCCCCCCCCC(=O)OC(COC(=O)CCCCCCCCCCC/C=C\CCCCCCCC)COC(OCC[N+](C)(C)C)C(=O)O. The predicted octanol–water partition coefficient (Wildman–Crippen LogP) is 21.6. The van der Waals surface area contributed by atoms with Crippen LogP contribution in [0.15, 0.2) is 122 Å². The Kier molecular flexibility index (Phi) is 62.3. The fraction of sp³-hybridized carbons (Fsp3) is 0.697. The van der Waals surface area contributed by atoms with E-state index in [9.17, 15) is 19.5 Å². The number of ether oxygens (including phenoxy) is 4. The molecule has 2 unspecified atom stereocenters. The van der Waals surface area contributed by atoms with E-state index in [1.54, 1.807) is 0 Å². The number of carboxylic acid groups (broad SMARTS) is 1. The number of unbranched alkanes of at least 4 members (excludes halogenated alkanes) is 28. The summed E-state index contributed by atoms with van der Waals surface area (Å²) >= 11 is 0. The number of likely N-dealkylation sites (N-methyl/N-ethyl adjacent to an activating group) is 1. The lowest BCUT2D eigenvalue weighted by atomic mass is 10.0. The minimum atomic E-state index is -1.52. The van der Waals surface area contributed by atoms with Crippen molar-refractivity contribution in [3.63, 3.8) is 0 Å². The van der Waals surface area contributed by atoms with Crippen LogP contribution in [-0.2, 0) is 33.3 Å². The maximum Gasteiger partial charge on any atom is 0.361 e. The molecule has 0 radical (unpaired) electrons. The second-order valence-electron chi connectivity index (χ2n) is 24.1. The number of hydrogen-bond donors (Lipinski definition) is 1. The Morgan fingerprint density at radius 1 is 0.365 bits per heavy atom. The molecule has 0 amide bonds. The quantitative estimate of drug-likeness (QED) is 0.0211. The van der Waals surface area contributed by atoms with Crippen LogP contribution in [0.2, 0.25) is 0 Å². The van der Waals surface area contributed by atoms with Crippen LogP contribution in [0.5, 0.6) is 0 Å². The first-order chi connectivity index (χ1) is 41.6. The number of quaternary nitrogens is 1. The van der Waals surface area contributed by atoms with Crippen molar-refractivity contribution < 1.29 is 42.9 Å². The van der Waals surface area contributed by atoms with Crippen molar-refractivity contribution in [1.29, 1.82) is 0 Å². The van der Waals surface area contributed by atoms with Gasteiger partial charge in [0.15, 0.2) is 6.10 Å². The third-order valence-corrected chi connectivity index (χ3v) is 14.7. The van der Waals surface area contributed by atoms with Crippen molar-refractivity contribution in [3.05, 3.63) is 122 Å². The summed E-state index contributed by atoms with van der Waals surface area (Å²) in [5, 5.41) is 9.73. The highest BCUT2D eigenvalue weighted by Gasteiger charge is 2.25. The lowest BCUT2D eigenvalue weighted by molar-refractivity contribution is -0.870. The number of allylic oxidation sites excluding steroid dienone is 20. The molecule has 85 heavy (non-hydrogen) atoms. The molecule has 0 aliphatic heterocycles. The summed E-state index contributed by atoms with van der Waals surface area (Å²) in [7, 11) is 5.97. The fourth-order valence-corrected chi connectivity index (χ4v) is 9.41. The number of esters is 2. The van der Waals surface area contributed by atoms with Crippen LogP contribution in [-0.4, -0.2) is 87.4 Å². The van der Waals surface area contributed by atoms with E-state index in [1.165, 1.54) is 154 Å². The number of rotatable bonds is 63. The number of carbonyl (C=O) groups excluding carboxylic acids is 2.